The predicted molar refractivity (Wildman–Crippen MR) is 137 cm³/mol. The maximum Gasteiger partial charge on any atom is 0.271 e. The molecule has 2 aliphatic carbocycles. The van der Waals surface area contributed by atoms with Gasteiger partial charge in [0.15, 0.2) is 5.78 Å². The molecule has 5 atom stereocenters. The third-order valence-electron chi connectivity index (χ3n) is 9.13. The number of H-pyrrole nitrogens is 1. The zero-order chi connectivity index (χ0) is 26.6. The molecule has 2 aliphatic heterocycles. The third kappa shape index (κ3) is 4.24. The Balaban J connectivity index is 1.23. The number of carbonyl (C=O) groups excluding carboxylic acids is 4. The number of methoxy groups -OCH3 is 1. The fraction of sp³-hybridized carbons (Fsp3) is 0.571. The molecule has 0 bridgehead atoms. The maximum absolute atomic E-state index is 13.8. The van der Waals surface area contributed by atoms with Gasteiger partial charge in [0, 0.05) is 28.9 Å². The van der Waals surface area contributed by atoms with Crippen molar-refractivity contribution >= 4 is 34.4 Å². The number of aromatic nitrogens is 1. The number of rotatable bonds is 8. The van der Waals surface area contributed by atoms with Crippen molar-refractivity contribution in [3.63, 3.8) is 0 Å². The Morgan fingerprint density at radius 1 is 1.26 bits per heavy atom. The van der Waals surface area contributed by atoms with Crippen LogP contribution in [0.25, 0.3) is 10.9 Å². The number of aliphatic hydroxyl groups is 1. The minimum atomic E-state index is -0.980. The van der Waals surface area contributed by atoms with E-state index in [1.165, 1.54) is 0 Å². The van der Waals surface area contributed by atoms with Crippen molar-refractivity contribution in [1.29, 1.82) is 0 Å². The number of carbonyl (C=O) groups is 4. The lowest BCUT2D eigenvalue weighted by Crippen LogP contribution is -2.53. The summed E-state index contributed by atoms with van der Waals surface area (Å²) in [5, 5.41) is 16.3. The van der Waals surface area contributed by atoms with Crippen LogP contribution < -0.4 is 15.4 Å². The molecule has 6 rings (SSSR count). The van der Waals surface area contributed by atoms with E-state index in [-0.39, 0.29) is 41.5 Å². The Kier molecular flexibility index (Phi) is 6.17. The van der Waals surface area contributed by atoms with Gasteiger partial charge in [0.25, 0.3) is 5.91 Å². The molecular formula is C28H34N4O6. The number of aromatic amines is 1. The molecule has 3 amide bonds. The van der Waals surface area contributed by atoms with Crippen molar-refractivity contribution in [3.05, 3.63) is 30.0 Å². The topological polar surface area (TPSA) is 141 Å². The Morgan fingerprint density at radius 3 is 2.79 bits per heavy atom. The quantitative estimate of drug-likeness (QED) is 0.414. The Bertz CT molecular complexity index is 1300. The summed E-state index contributed by atoms with van der Waals surface area (Å²) in [6, 6.07) is 5.60. The van der Waals surface area contributed by atoms with Crippen molar-refractivity contribution in [2.24, 2.45) is 17.8 Å². The summed E-state index contributed by atoms with van der Waals surface area (Å²) in [7, 11) is 1.58. The molecule has 1 aromatic heterocycles. The van der Waals surface area contributed by atoms with Crippen LogP contribution in [0.15, 0.2) is 24.3 Å². The first-order valence-electron chi connectivity index (χ1n) is 13.5. The fourth-order valence-electron chi connectivity index (χ4n) is 7.00. The summed E-state index contributed by atoms with van der Waals surface area (Å²) in [5.41, 5.74) is 1.000. The second-order valence-electron chi connectivity index (χ2n) is 11.5. The lowest BCUT2D eigenvalue weighted by atomic mass is 9.91. The smallest absolute Gasteiger partial charge is 0.271 e. The van der Waals surface area contributed by atoms with E-state index in [1.54, 1.807) is 18.1 Å². The lowest BCUT2D eigenvalue weighted by Gasteiger charge is -2.29. The van der Waals surface area contributed by atoms with Crippen LogP contribution in [0.5, 0.6) is 5.75 Å². The highest BCUT2D eigenvalue weighted by Crippen LogP contribution is 2.46. The largest absolute Gasteiger partial charge is 0.496 e. The minimum Gasteiger partial charge on any atom is -0.496 e. The molecule has 4 N–H and O–H groups in total. The van der Waals surface area contributed by atoms with Crippen molar-refractivity contribution in [2.45, 2.75) is 62.6 Å². The van der Waals surface area contributed by atoms with E-state index in [4.69, 9.17) is 4.74 Å². The number of benzene rings is 1. The molecule has 2 aromatic rings. The van der Waals surface area contributed by atoms with Crippen LogP contribution >= 0.6 is 0 Å². The first-order valence-corrected chi connectivity index (χ1v) is 13.5. The average molecular weight is 523 g/mol. The molecule has 4 fully saturated rings. The monoisotopic (exact) mass is 522 g/mol. The number of hydrogen-bond donors (Lipinski definition) is 4. The van der Waals surface area contributed by atoms with Crippen LogP contribution in [0, 0.1) is 17.8 Å². The highest BCUT2D eigenvalue weighted by atomic mass is 16.5. The van der Waals surface area contributed by atoms with Crippen molar-refractivity contribution in [3.8, 4) is 5.75 Å². The Hall–Kier alpha value is -3.40. The van der Waals surface area contributed by atoms with Crippen LogP contribution in [0.4, 0.5) is 0 Å². The van der Waals surface area contributed by atoms with Crippen LogP contribution in [-0.4, -0.2) is 76.4 Å². The zero-order valence-electron chi connectivity index (χ0n) is 21.5. The summed E-state index contributed by atoms with van der Waals surface area (Å²) >= 11 is 0. The van der Waals surface area contributed by atoms with E-state index >= 15 is 0 Å². The van der Waals surface area contributed by atoms with Gasteiger partial charge in [0.05, 0.1) is 13.2 Å². The number of ether oxygens (including phenoxy) is 1. The van der Waals surface area contributed by atoms with Gasteiger partial charge in [-0.3, -0.25) is 19.2 Å². The van der Waals surface area contributed by atoms with E-state index in [0.717, 1.165) is 43.0 Å². The SMILES string of the molecule is COc1cccc2[nH]c(C(=O)N3CC4CCCC4C3C(=O)NC(CC3CC4(CC4)NC3=O)C(=O)CO)cc12. The number of hydrogen-bond acceptors (Lipinski definition) is 6. The van der Waals surface area contributed by atoms with E-state index < -0.39 is 30.4 Å². The number of aliphatic hydroxyl groups excluding tert-OH is 1. The summed E-state index contributed by atoms with van der Waals surface area (Å²) < 4.78 is 5.43. The van der Waals surface area contributed by atoms with E-state index in [9.17, 15) is 24.3 Å². The zero-order valence-corrected chi connectivity index (χ0v) is 21.5. The summed E-state index contributed by atoms with van der Waals surface area (Å²) in [6.07, 6.45) is 5.42. The molecular weight excluding hydrogens is 488 g/mol. The standard InChI is InChI=1S/C28H34N4O6/c1-38-23-7-3-6-19-18(23)11-21(29-19)27(37)32-13-15-4-2-5-17(15)24(32)26(36)30-20(22(34)14-33)10-16-12-28(8-9-28)31-25(16)35/h3,6-7,11,15-17,20,24,29,33H,2,4-5,8-10,12-14H2,1H3,(H,30,36)(H,31,35). The first kappa shape index (κ1) is 24.9. The van der Waals surface area contributed by atoms with Gasteiger partial charge in [-0.2, -0.15) is 0 Å². The van der Waals surface area contributed by atoms with E-state index in [0.29, 0.717) is 24.4 Å². The van der Waals surface area contributed by atoms with Gasteiger partial charge >= 0.3 is 0 Å². The summed E-state index contributed by atoms with van der Waals surface area (Å²) in [6.45, 7) is -0.249. The van der Waals surface area contributed by atoms with Crippen molar-refractivity contribution in [2.75, 3.05) is 20.3 Å². The molecule has 38 heavy (non-hydrogen) atoms. The van der Waals surface area contributed by atoms with E-state index in [2.05, 4.69) is 15.6 Å². The summed E-state index contributed by atoms with van der Waals surface area (Å²) in [4.78, 5) is 57.5. The molecule has 202 valence electrons. The second kappa shape index (κ2) is 9.41. The van der Waals surface area contributed by atoms with Crippen LogP contribution in [0.1, 0.15) is 55.4 Å². The highest BCUT2D eigenvalue weighted by molar-refractivity contribution is 6.02. The van der Waals surface area contributed by atoms with E-state index in [1.807, 2.05) is 18.2 Å². The molecule has 5 unspecified atom stereocenters. The first-order chi connectivity index (χ1) is 18.3. The maximum atomic E-state index is 13.8. The number of Topliss-reactive ketones (excluding diaryl/α,β-unsaturated/α-hetero) is 1. The highest BCUT2D eigenvalue weighted by Gasteiger charge is 2.53. The number of amides is 3. The number of ketones is 1. The molecule has 0 radical (unpaired) electrons. The number of likely N-dealkylation sites (tertiary alicyclic amines) is 1. The molecule has 10 heteroatoms. The van der Waals surface area contributed by atoms with Gasteiger partial charge in [0.2, 0.25) is 11.8 Å². The Morgan fingerprint density at radius 2 is 2.08 bits per heavy atom. The molecule has 10 nitrogen and oxygen atoms in total. The van der Waals surface area contributed by atoms with Crippen molar-refractivity contribution < 1.29 is 29.0 Å². The lowest BCUT2D eigenvalue weighted by molar-refractivity contribution is -0.133. The number of fused-ring (bicyclic) bond motifs is 2. The summed E-state index contributed by atoms with van der Waals surface area (Å²) in [5.74, 6) is -0.802. The predicted octanol–water partition coefficient (Wildman–Crippen LogP) is 1.52. The third-order valence-corrected chi connectivity index (χ3v) is 9.13. The average Bonchev–Trinajstić information content (AvgIpc) is 3.28. The second-order valence-corrected chi connectivity index (χ2v) is 11.5. The van der Waals surface area contributed by atoms with Crippen LogP contribution in [0.2, 0.25) is 0 Å². The molecule has 4 aliphatic rings. The van der Waals surface area contributed by atoms with Crippen LogP contribution in [-0.2, 0) is 14.4 Å². The van der Waals surface area contributed by atoms with Gasteiger partial charge in [-0.05, 0) is 68.6 Å². The number of nitrogens with zero attached hydrogens (tertiary/aromatic N) is 1. The van der Waals surface area contributed by atoms with Gasteiger partial charge in [-0.1, -0.05) is 12.5 Å². The normalized spacial score (nSPS) is 27.8. The van der Waals surface area contributed by atoms with Gasteiger partial charge in [0.1, 0.15) is 24.1 Å². The van der Waals surface area contributed by atoms with Gasteiger partial charge < -0.3 is 30.4 Å². The van der Waals surface area contributed by atoms with Gasteiger partial charge in [-0.25, -0.2) is 0 Å². The Labute approximate surface area is 220 Å². The minimum absolute atomic E-state index is 0.00672. The molecule has 1 spiro atoms. The molecule has 3 heterocycles. The van der Waals surface area contributed by atoms with Gasteiger partial charge in [-0.15, -0.1) is 0 Å². The molecule has 1 aromatic carbocycles. The number of nitrogens with one attached hydrogen (secondary N) is 3. The van der Waals surface area contributed by atoms with Crippen molar-refractivity contribution in [1.82, 2.24) is 20.5 Å². The molecule has 2 saturated heterocycles. The molecule has 2 saturated carbocycles. The fourth-order valence-corrected chi connectivity index (χ4v) is 7.00. The van der Waals surface area contributed by atoms with Crippen LogP contribution in [0.3, 0.4) is 0 Å².